The van der Waals surface area contributed by atoms with Crippen molar-refractivity contribution in [2.24, 2.45) is 5.92 Å². The first-order chi connectivity index (χ1) is 7.79. The number of carboxylic acids is 1. The van der Waals surface area contributed by atoms with Crippen LogP contribution in [-0.4, -0.2) is 35.0 Å². The minimum atomic E-state index is -1.08. The first-order valence-electron chi connectivity index (χ1n) is 5.59. The third kappa shape index (κ3) is 5.33. The van der Waals surface area contributed by atoms with Crippen molar-refractivity contribution in [2.45, 2.75) is 46.2 Å². The third-order valence-electron chi connectivity index (χ3n) is 2.33. The van der Waals surface area contributed by atoms with Gasteiger partial charge < -0.3 is 15.7 Å². The van der Waals surface area contributed by atoms with E-state index >= 15 is 0 Å². The molecule has 0 bridgehead atoms. The summed E-state index contributed by atoms with van der Waals surface area (Å²) in [5, 5.41) is 13.7. The fourth-order valence-corrected chi connectivity index (χ4v) is 1.35. The number of nitrogens with one attached hydrogen (secondary N) is 2. The molecule has 0 aliphatic rings. The van der Waals surface area contributed by atoms with Crippen molar-refractivity contribution in [3.63, 3.8) is 0 Å². The predicted octanol–water partition coefficient (Wildman–Crippen LogP) is 0.127. The molecule has 0 aromatic heterocycles. The highest BCUT2D eigenvalue weighted by Gasteiger charge is 2.26. The van der Waals surface area contributed by atoms with Crippen molar-refractivity contribution in [3.8, 4) is 0 Å². The largest absolute Gasteiger partial charge is 0.480 e. The van der Waals surface area contributed by atoms with E-state index in [0.29, 0.717) is 6.42 Å². The molecule has 0 rings (SSSR count). The molecule has 6 nitrogen and oxygen atoms in total. The highest BCUT2D eigenvalue weighted by molar-refractivity contribution is 5.90. The first kappa shape index (κ1) is 15.4. The van der Waals surface area contributed by atoms with Gasteiger partial charge in [0.15, 0.2) is 0 Å². The van der Waals surface area contributed by atoms with Gasteiger partial charge in [-0.15, -0.1) is 0 Å². The van der Waals surface area contributed by atoms with Gasteiger partial charge in [-0.1, -0.05) is 20.8 Å². The molecule has 98 valence electrons. The maximum Gasteiger partial charge on any atom is 0.326 e. The Balaban J connectivity index is 4.62. The van der Waals surface area contributed by atoms with Crippen LogP contribution in [0.1, 0.15) is 34.1 Å². The minimum Gasteiger partial charge on any atom is -0.480 e. The van der Waals surface area contributed by atoms with Gasteiger partial charge in [-0.3, -0.25) is 9.59 Å². The van der Waals surface area contributed by atoms with Crippen molar-refractivity contribution >= 4 is 17.8 Å². The summed E-state index contributed by atoms with van der Waals surface area (Å²) in [7, 11) is 0. The number of carbonyl (C=O) groups is 3. The normalized spacial score (nSPS) is 13.9. The fraction of sp³-hybridized carbons (Fsp3) is 0.727. The highest BCUT2D eigenvalue weighted by atomic mass is 16.4. The number of aliphatic carboxylic acids is 1. The molecule has 0 heterocycles. The predicted molar refractivity (Wildman–Crippen MR) is 62.3 cm³/mol. The van der Waals surface area contributed by atoms with Gasteiger partial charge in [-0.2, -0.15) is 0 Å². The van der Waals surface area contributed by atoms with Crippen LogP contribution in [-0.2, 0) is 14.4 Å². The maximum atomic E-state index is 11.8. The van der Waals surface area contributed by atoms with Crippen LogP contribution in [0.15, 0.2) is 0 Å². The van der Waals surface area contributed by atoms with Crippen LogP contribution < -0.4 is 10.6 Å². The van der Waals surface area contributed by atoms with Crippen LogP contribution in [0.5, 0.6) is 0 Å². The second kappa shape index (κ2) is 6.88. The monoisotopic (exact) mass is 244 g/mol. The lowest BCUT2D eigenvalue weighted by Crippen LogP contribution is -2.53. The van der Waals surface area contributed by atoms with E-state index < -0.39 is 24.0 Å². The van der Waals surface area contributed by atoms with E-state index in [1.165, 1.54) is 6.92 Å². The molecule has 17 heavy (non-hydrogen) atoms. The smallest absolute Gasteiger partial charge is 0.326 e. The molecular weight excluding hydrogens is 224 g/mol. The van der Waals surface area contributed by atoms with Gasteiger partial charge in [0.25, 0.3) is 0 Å². The van der Waals surface area contributed by atoms with Crippen LogP contribution in [0.4, 0.5) is 0 Å². The number of amides is 2. The number of carbonyl (C=O) groups excluding carboxylic acids is 2. The van der Waals surface area contributed by atoms with E-state index in [4.69, 9.17) is 5.11 Å². The van der Waals surface area contributed by atoms with Gasteiger partial charge in [-0.25, -0.2) is 4.79 Å². The Morgan fingerprint density at radius 3 is 2.00 bits per heavy atom. The highest BCUT2D eigenvalue weighted by Crippen LogP contribution is 2.03. The zero-order valence-electron chi connectivity index (χ0n) is 10.6. The Bertz CT molecular complexity index is 302. The molecule has 0 aromatic rings. The average molecular weight is 244 g/mol. The lowest BCUT2D eigenvalue weighted by Gasteiger charge is -2.22. The van der Waals surface area contributed by atoms with Gasteiger partial charge in [0, 0.05) is 6.92 Å². The second-order valence-corrected chi connectivity index (χ2v) is 4.23. The molecule has 3 N–H and O–H groups in total. The van der Waals surface area contributed by atoms with Gasteiger partial charge in [0.05, 0.1) is 0 Å². The number of hydrogen-bond acceptors (Lipinski definition) is 3. The number of rotatable bonds is 6. The Morgan fingerprint density at radius 2 is 1.71 bits per heavy atom. The molecule has 0 fully saturated rings. The van der Waals surface area contributed by atoms with Crippen LogP contribution in [0.3, 0.4) is 0 Å². The molecule has 0 saturated carbocycles. The standard InChI is InChI=1S/C11H20N2O4/c1-5-8(11(16)17)13-10(15)9(6(2)3)12-7(4)14/h6,8-9H,5H2,1-4H3,(H,12,14)(H,13,15)(H,16,17)/t8-,9-/m1/s1. The minimum absolute atomic E-state index is 0.106. The van der Waals surface area contributed by atoms with E-state index in [1.807, 2.05) is 0 Å². The van der Waals surface area contributed by atoms with Crippen LogP contribution >= 0.6 is 0 Å². The lowest BCUT2D eigenvalue weighted by molar-refractivity contribution is -0.142. The van der Waals surface area contributed by atoms with E-state index in [9.17, 15) is 14.4 Å². The molecule has 0 aromatic carbocycles. The van der Waals surface area contributed by atoms with E-state index in [1.54, 1.807) is 20.8 Å². The SMILES string of the molecule is CC[C@@H](NC(=O)[C@H](NC(C)=O)C(C)C)C(=O)O. The second-order valence-electron chi connectivity index (χ2n) is 4.23. The molecule has 0 aliphatic carbocycles. The summed E-state index contributed by atoms with van der Waals surface area (Å²) in [6.45, 7) is 6.54. The summed E-state index contributed by atoms with van der Waals surface area (Å²) in [6.07, 6.45) is 0.298. The van der Waals surface area contributed by atoms with E-state index in [-0.39, 0.29) is 11.8 Å². The number of carboxylic acid groups (broad SMARTS) is 1. The summed E-state index contributed by atoms with van der Waals surface area (Å²) in [6, 6.07) is -1.63. The fourth-order valence-electron chi connectivity index (χ4n) is 1.35. The molecule has 2 amide bonds. The quantitative estimate of drug-likeness (QED) is 0.618. The topological polar surface area (TPSA) is 95.5 Å². The molecule has 0 aliphatic heterocycles. The van der Waals surface area contributed by atoms with Crippen molar-refractivity contribution in [1.82, 2.24) is 10.6 Å². The molecule has 0 radical (unpaired) electrons. The van der Waals surface area contributed by atoms with E-state index in [0.717, 1.165) is 0 Å². The van der Waals surface area contributed by atoms with Crippen molar-refractivity contribution in [1.29, 1.82) is 0 Å². The summed E-state index contributed by atoms with van der Waals surface area (Å²) in [5.41, 5.74) is 0. The summed E-state index contributed by atoms with van der Waals surface area (Å²) in [5.74, 6) is -1.97. The van der Waals surface area contributed by atoms with Crippen molar-refractivity contribution < 1.29 is 19.5 Å². The Morgan fingerprint density at radius 1 is 1.18 bits per heavy atom. The third-order valence-corrected chi connectivity index (χ3v) is 2.33. The van der Waals surface area contributed by atoms with Crippen molar-refractivity contribution in [3.05, 3.63) is 0 Å². The molecule has 0 saturated heterocycles. The molecule has 0 spiro atoms. The van der Waals surface area contributed by atoms with Gasteiger partial charge >= 0.3 is 5.97 Å². The van der Waals surface area contributed by atoms with Gasteiger partial charge in [-0.05, 0) is 12.3 Å². The van der Waals surface area contributed by atoms with Gasteiger partial charge in [0.2, 0.25) is 11.8 Å². The Kier molecular flexibility index (Phi) is 6.23. The first-order valence-corrected chi connectivity index (χ1v) is 5.59. The lowest BCUT2D eigenvalue weighted by atomic mass is 10.0. The molecule has 2 atom stereocenters. The molecule has 6 heteroatoms. The van der Waals surface area contributed by atoms with Crippen LogP contribution in [0, 0.1) is 5.92 Å². The summed E-state index contributed by atoms with van der Waals surface area (Å²) in [4.78, 5) is 33.5. The van der Waals surface area contributed by atoms with Crippen LogP contribution in [0.2, 0.25) is 0 Å². The molecule has 0 unspecified atom stereocenters. The van der Waals surface area contributed by atoms with Crippen LogP contribution in [0.25, 0.3) is 0 Å². The Labute approximate surface area is 101 Å². The Hall–Kier alpha value is -1.59. The maximum absolute atomic E-state index is 11.8. The molecular formula is C11H20N2O4. The zero-order valence-corrected chi connectivity index (χ0v) is 10.6. The zero-order chi connectivity index (χ0) is 13.6. The summed E-state index contributed by atoms with van der Waals surface area (Å²) < 4.78 is 0. The summed E-state index contributed by atoms with van der Waals surface area (Å²) >= 11 is 0. The van der Waals surface area contributed by atoms with E-state index in [2.05, 4.69) is 10.6 Å². The average Bonchev–Trinajstić information content (AvgIpc) is 2.20. The van der Waals surface area contributed by atoms with Crippen molar-refractivity contribution in [2.75, 3.05) is 0 Å². The van der Waals surface area contributed by atoms with Gasteiger partial charge in [0.1, 0.15) is 12.1 Å². The number of hydrogen-bond donors (Lipinski definition) is 3.